The zero-order chi connectivity index (χ0) is 12.8. The molecule has 1 aliphatic heterocycles. The second kappa shape index (κ2) is 8.57. The summed E-state index contributed by atoms with van der Waals surface area (Å²) in [5, 5.41) is 3.42. The third kappa shape index (κ3) is 5.52. The van der Waals surface area contributed by atoms with E-state index in [1.54, 1.807) is 0 Å². The van der Waals surface area contributed by atoms with E-state index in [1.165, 1.54) is 30.5 Å². The second-order valence-corrected chi connectivity index (χ2v) is 5.62. The Morgan fingerprint density at radius 2 is 2.00 bits per heavy atom. The molecule has 0 saturated carbocycles. The Balaban J connectivity index is 0.00000180. The molecule has 1 atom stereocenters. The molecule has 1 aromatic rings. The minimum atomic E-state index is 0. The van der Waals surface area contributed by atoms with Gasteiger partial charge in [0.15, 0.2) is 0 Å². The van der Waals surface area contributed by atoms with Crippen molar-refractivity contribution >= 4 is 12.4 Å². The first-order valence-corrected chi connectivity index (χ1v) is 7.13. The van der Waals surface area contributed by atoms with Gasteiger partial charge in [-0.3, -0.25) is 0 Å². The third-order valence-electron chi connectivity index (χ3n) is 3.67. The van der Waals surface area contributed by atoms with Gasteiger partial charge in [-0.25, -0.2) is 0 Å². The number of ether oxygens (including phenoxy) is 1. The van der Waals surface area contributed by atoms with E-state index in [4.69, 9.17) is 4.74 Å². The van der Waals surface area contributed by atoms with Gasteiger partial charge in [-0.05, 0) is 42.3 Å². The maximum Gasteiger partial charge on any atom is 0.0717 e. The van der Waals surface area contributed by atoms with Crippen LogP contribution in [0.1, 0.15) is 43.7 Å². The van der Waals surface area contributed by atoms with Crippen LogP contribution in [0.25, 0.3) is 0 Å². The number of nitrogens with one attached hydrogen (secondary N) is 1. The number of hydrogen-bond donors (Lipinski definition) is 1. The van der Waals surface area contributed by atoms with E-state index >= 15 is 0 Å². The van der Waals surface area contributed by atoms with Crippen molar-refractivity contribution in [3.05, 3.63) is 35.4 Å². The van der Waals surface area contributed by atoms with Crippen LogP contribution in [0.5, 0.6) is 0 Å². The molecule has 0 spiro atoms. The van der Waals surface area contributed by atoms with E-state index in [2.05, 4.69) is 43.4 Å². The van der Waals surface area contributed by atoms with Crippen molar-refractivity contribution < 1.29 is 4.74 Å². The van der Waals surface area contributed by atoms with E-state index in [1.807, 2.05) is 0 Å². The lowest BCUT2D eigenvalue weighted by Gasteiger charge is -2.22. The van der Waals surface area contributed by atoms with Crippen LogP contribution < -0.4 is 5.32 Å². The molecule has 3 heteroatoms. The summed E-state index contributed by atoms with van der Waals surface area (Å²) in [5.74, 6) is 1.31. The molecular weight excluding hydrogens is 258 g/mol. The SMILES string of the molecule is CC(C)c1ccc(COCC2CCCNC2)cc1.Cl. The first kappa shape index (κ1) is 16.5. The molecule has 1 heterocycles. The first-order valence-electron chi connectivity index (χ1n) is 7.13. The molecule has 1 unspecified atom stereocenters. The highest BCUT2D eigenvalue weighted by atomic mass is 35.5. The van der Waals surface area contributed by atoms with Crippen LogP contribution in [0.3, 0.4) is 0 Å². The summed E-state index contributed by atoms with van der Waals surface area (Å²) in [6.07, 6.45) is 2.59. The Hall–Kier alpha value is -0.570. The highest BCUT2D eigenvalue weighted by molar-refractivity contribution is 5.85. The van der Waals surface area contributed by atoms with Crippen molar-refractivity contribution in [3.8, 4) is 0 Å². The minimum Gasteiger partial charge on any atom is -0.376 e. The van der Waals surface area contributed by atoms with Gasteiger partial charge in [0.25, 0.3) is 0 Å². The van der Waals surface area contributed by atoms with Crippen LogP contribution >= 0.6 is 12.4 Å². The Morgan fingerprint density at radius 3 is 2.58 bits per heavy atom. The molecule has 2 rings (SSSR count). The van der Waals surface area contributed by atoms with Gasteiger partial charge in [-0.15, -0.1) is 12.4 Å². The Labute approximate surface area is 123 Å². The molecule has 0 amide bonds. The molecule has 1 aromatic carbocycles. The van der Waals surface area contributed by atoms with Crippen LogP contribution in [-0.2, 0) is 11.3 Å². The van der Waals surface area contributed by atoms with Crippen molar-refractivity contribution in [3.63, 3.8) is 0 Å². The average molecular weight is 284 g/mol. The van der Waals surface area contributed by atoms with E-state index in [0.29, 0.717) is 11.8 Å². The van der Waals surface area contributed by atoms with Gasteiger partial charge < -0.3 is 10.1 Å². The zero-order valence-corrected chi connectivity index (χ0v) is 12.8. The molecule has 108 valence electrons. The predicted molar refractivity (Wildman–Crippen MR) is 83.0 cm³/mol. The Morgan fingerprint density at radius 1 is 1.26 bits per heavy atom. The predicted octanol–water partition coefficient (Wildman–Crippen LogP) is 3.75. The number of piperidine rings is 1. The van der Waals surface area contributed by atoms with Crippen molar-refractivity contribution in [1.82, 2.24) is 5.32 Å². The van der Waals surface area contributed by atoms with Gasteiger partial charge >= 0.3 is 0 Å². The number of halogens is 1. The molecular formula is C16H26ClNO. The van der Waals surface area contributed by atoms with Crippen molar-refractivity contribution in [2.24, 2.45) is 5.92 Å². The third-order valence-corrected chi connectivity index (χ3v) is 3.67. The van der Waals surface area contributed by atoms with Gasteiger partial charge in [0.1, 0.15) is 0 Å². The standard InChI is InChI=1S/C16H25NO.ClH/c1-13(2)16-7-5-14(6-8-16)11-18-12-15-4-3-9-17-10-15;/h5-8,13,15,17H,3-4,9-12H2,1-2H3;1H. The van der Waals surface area contributed by atoms with Crippen LogP contribution in [-0.4, -0.2) is 19.7 Å². The van der Waals surface area contributed by atoms with Crippen molar-refractivity contribution in [2.75, 3.05) is 19.7 Å². The lowest BCUT2D eigenvalue weighted by atomic mass is 10.0. The van der Waals surface area contributed by atoms with Crippen LogP contribution in [0.2, 0.25) is 0 Å². The lowest BCUT2D eigenvalue weighted by molar-refractivity contribution is 0.0783. The summed E-state index contributed by atoms with van der Waals surface area (Å²) < 4.78 is 5.82. The zero-order valence-electron chi connectivity index (χ0n) is 12.0. The highest BCUT2D eigenvalue weighted by Gasteiger charge is 2.12. The molecule has 1 aliphatic rings. The maximum absolute atomic E-state index is 5.82. The van der Waals surface area contributed by atoms with Crippen molar-refractivity contribution in [1.29, 1.82) is 0 Å². The normalized spacial score (nSPS) is 19.2. The molecule has 0 aliphatic carbocycles. The minimum absolute atomic E-state index is 0. The molecule has 0 bridgehead atoms. The quantitative estimate of drug-likeness (QED) is 0.889. The van der Waals surface area contributed by atoms with E-state index in [0.717, 1.165) is 19.8 Å². The molecule has 1 fully saturated rings. The summed E-state index contributed by atoms with van der Waals surface area (Å²) in [7, 11) is 0. The fourth-order valence-corrected chi connectivity index (χ4v) is 2.41. The highest BCUT2D eigenvalue weighted by Crippen LogP contribution is 2.16. The largest absolute Gasteiger partial charge is 0.376 e. The maximum atomic E-state index is 5.82. The lowest BCUT2D eigenvalue weighted by Crippen LogP contribution is -2.32. The second-order valence-electron chi connectivity index (χ2n) is 5.62. The Kier molecular flexibility index (Phi) is 7.44. The van der Waals surface area contributed by atoms with Gasteiger partial charge in [-0.1, -0.05) is 38.1 Å². The summed E-state index contributed by atoms with van der Waals surface area (Å²) in [5.41, 5.74) is 2.68. The summed E-state index contributed by atoms with van der Waals surface area (Å²) in [6.45, 7) is 8.37. The molecule has 1 N–H and O–H groups in total. The van der Waals surface area contributed by atoms with E-state index < -0.39 is 0 Å². The average Bonchev–Trinajstić information content (AvgIpc) is 2.40. The van der Waals surface area contributed by atoms with Crippen LogP contribution in [0, 0.1) is 5.92 Å². The van der Waals surface area contributed by atoms with Gasteiger partial charge in [-0.2, -0.15) is 0 Å². The van der Waals surface area contributed by atoms with Crippen LogP contribution in [0.4, 0.5) is 0 Å². The summed E-state index contributed by atoms with van der Waals surface area (Å²) >= 11 is 0. The molecule has 1 saturated heterocycles. The number of benzene rings is 1. The number of rotatable bonds is 5. The molecule has 19 heavy (non-hydrogen) atoms. The summed E-state index contributed by atoms with van der Waals surface area (Å²) in [6, 6.07) is 8.81. The first-order chi connectivity index (χ1) is 8.75. The van der Waals surface area contributed by atoms with Crippen LogP contribution in [0.15, 0.2) is 24.3 Å². The topological polar surface area (TPSA) is 21.3 Å². The van der Waals surface area contributed by atoms with E-state index in [-0.39, 0.29) is 12.4 Å². The fourth-order valence-electron chi connectivity index (χ4n) is 2.41. The van der Waals surface area contributed by atoms with E-state index in [9.17, 15) is 0 Å². The molecule has 2 nitrogen and oxygen atoms in total. The van der Waals surface area contributed by atoms with Crippen molar-refractivity contribution in [2.45, 2.75) is 39.2 Å². The van der Waals surface area contributed by atoms with Gasteiger partial charge in [0, 0.05) is 6.54 Å². The van der Waals surface area contributed by atoms with Gasteiger partial charge in [0.2, 0.25) is 0 Å². The monoisotopic (exact) mass is 283 g/mol. The summed E-state index contributed by atoms with van der Waals surface area (Å²) in [4.78, 5) is 0. The number of hydrogen-bond acceptors (Lipinski definition) is 2. The molecule has 0 radical (unpaired) electrons. The smallest absolute Gasteiger partial charge is 0.0717 e. The fraction of sp³-hybridized carbons (Fsp3) is 0.625. The Bertz CT molecular complexity index is 344. The molecule has 0 aromatic heterocycles. The van der Waals surface area contributed by atoms with Gasteiger partial charge in [0.05, 0.1) is 13.2 Å².